The van der Waals surface area contributed by atoms with E-state index in [1.54, 1.807) is 36.4 Å². The van der Waals surface area contributed by atoms with Crippen molar-refractivity contribution in [3.63, 3.8) is 0 Å². The van der Waals surface area contributed by atoms with Crippen LogP contribution in [0.15, 0.2) is 48.5 Å². The second kappa shape index (κ2) is 8.50. The Morgan fingerprint density at radius 3 is 2.16 bits per heavy atom. The largest absolute Gasteiger partial charge is 0.340 e. The zero-order chi connectivity index (χ0) is 18.4. The number of halogens is 2. The predicted molar refractivity (Wildman–Crippen MR) is 95.4 cm³/mol. The first-order chi connectivity index (χ1) is 11.9. The first-order valence-electron chi connectivity index (χ1n) is 7.29. The fourth-order valence-corrected chi connectivity index (χ4v) is 2.23. The predicted octanol–water partition coefficient (Wildman–Crippen LogP) is 2.57. The van der Waals surface area contributed by atoms with Gasteiger partial charge in [-0.3, -0.25) is 25.2 Å². The molecule has 130 valence electrons. The van der Waals surface area contributed by atoms with E-state index in [1.165, 1.54) is 19.1 Å². The van der Waals surface area contributed by atoms with Crippen LogP contribution in [0.5, 0.6) is 0 Å². The summed E-state index contributed by atoms with van der Waals surface area (Å²) in [5.74, 6) is -1.57. The van der Waals surface area contributed by atoms with E-state index in [9.17, 15) is 14.4 Å². The van der Waals surface area contributed by atoms with Crippen LogP contribution >= 0.6 is 23.2 Å². The monoisotopic (exact) mass is 379 g/mol. The summed E-state index contributed by atoms with van der Waals surface area (Å²) < 4.78 is 0. The van der Waals surface area contributed by atoms with Crippen LogP contribution in [0.4, 0.5) is 0 Å². The van der Waals surface area contributed by atoms with Crippen LogP contribution in [-0.2, 0) is 4.79 Å². The van der Waals surface area contributed by atoms with Gasteiger partial charge >= 0.3 is 0 Å². The van der Waals surface area contributed by atoms with Gasteiger partial charge in [-0.1, -0.05) is 35.3 Å². The van der Waals surface area contributed by atoms with E-state index in [0.29, 0.717) is 10.6 Å². The number of hydrazine groups is 1. The Morgan fingerprint density at radius 1 is 0.880 bits per heavy atom. The molecule has 0 aliphatic rings. The number of carbonyl (C=O) groups is 3. The van der Waals surface area contributed by atoms with Gasteiger partial charge < -0.3 is 5.32 Å². The lowest BCUT2D eigenvalue weighted by Crippen LogP contribution is -2.51. The van der Waals surface area contributed by atoms with Crippen molar-refractivity contribution < 1.29 is 14.4 Å². The molecule has 0 aliphatic heterocycles. The highest BCUT2D eigenvalue weighted by atomic mass is 35.5. The van der Waals surface area contributed by atoms with Crippen LogP contribution < -0.4 is 16.2 Å². The number of carbonyl (C=O) groups excluding carboxylic acids is 3. The Balaban J connectivity index is 1.88. The molecule has 0 radical (unpaired) electrons. The van der Waals surface area contributed by atoms with Crippen molar-refractivity contribution in [2.45, 2.75) is 13.0 Å². The summed E-state index contributed by atoms with van der Waals surface area (Å²) in [4.78, 5) is 36.0. The molecule has 0 spiro atoms. The Kier molecular flexibility index (Phi) is 6.38. The highest BCUT2D eigenvalue weighted by Gasteiger charge is 2.18. The lowest BCUT2D eigenvalue weighted by Gasteiger charge is -2.15. The molecule has 25 heavy (non-hydrogen) atoms. The van der Waals surface area contributed by atoms with E-state index in [1.807, 2.05) is 0 Å². The molecule has 0 aromatic heterocycles. The van der Waals surface area contributed by atoms with Crippen LogP contribution in [0.25, 0.3) is 0 Å². The lowest BCUT2D eigenvalue weighted by atomic mass is 10.2. The highest BCUT2D eigenvalue weighted by Crippen LogP contribution is 2.14. The average Bonchev–Trinajstić information content (AvgIpc) is 2.60. The minimum Gasteiger partial charge on any atom is -0.340 e. The van der Waals surface area contributed by atoms with Gasteiger partial charge in [0.2, 0.25) is 0 Å². The maximum atomic E-state index is 12.1. The summed E-state index contributed by atoms with van der Waals surface area (Å²) in [6.45, 7) is 1.48. The van der Waals surface area contributed by atoms with Crippen molar-refractivity contribution in [2.24, 2.45) is 0 Å². The van der Waals surface area contributed by atoms with Crippen LogP contribution in [0.1, 0.15) is 27.6 Å². The normalized spacial score (nSPS) is 11.3. The molecule has 2 aromatic rings. The smallest absolute Gasteiger partial charge is 0.269 e. The molecule has 1 atom stereocenters. The molecule has 6 nitrogen and oxygen atoms in total. The third kappa shape index (κ3) is 5.20. The molecule has 2 aromatic carbocycles. The molecule has 0 heterocycles. The number of hydrogen-bond donors (Lipinski definition) is 3. The topological polar surface area (TPSA) is 87.3 Å². The zero-order valence-electron chi connectivity index (χ0n) is 13.2. The Hall–Kier alpha value is -2.57. The fourth-order valence-electron chi connectivity index (χ4n) is 1.89. The third-order valence-electron chi connectivity index (χ3n) is 3.27. The van der Waals surface area contributed by atoms with Gasteiger partial charge in [0.05, 0.1) is 10.6 Å². The molecule has 8 heteroatoms. The number of rotatable bonds is 4. The maximum Gasteiger partial charge on any atom is 0.269 e. The molecule has 3 amide bonds. The molecule has 0 fully saturated rings. The van der Waals surface area contributed by atoms with Gasteiger partial charge in [0.25, 0.3) is 17.7 Å². The van der Waals surface area contributed by atoms with E-state index >= 15 is 0 Å². The highest BCUT2D eigenvalue weighted by molar-refractivity contribution is 6.33. The van der Waals surface area contributed by atoms with E-state index < -0.39 is 23.8 Å². The number of amides is 3. The Labute approximate surface area is 154 Å². The van der Waals surface area contributed by atoms with Crippen molar-refractivity contribution in [3.8, 4) is 0 Å². The second-order valence-electron chi connectivity index (χ2n) is 5.13. The van der Waals surface area contributed by atoms with Gasteiger partial charge in [-0.05, 0) is 43.3 Å². The van der Waals surface area contributed by atoms with Gasteiger partial charge in [-0.2, -0.15) is 0 Å². The van der Waals surface area contributed by atoms with Gasteiger partial charge in [0.15, 0.2) is 0 Å². The first kappa shape index (κ1) is 18.8. The number of nitrogens with one attached hydrogen (secondary N) is 3. The lowest BCUT2D eigenvalue weighted by molar-refractivity contribution is -0.123. The maximum absolute atomic E-state index is 12.1. The Bertz CT molecular complexity index is 794. The minimum absolute atomic E-state index is 0.258. The van der Waals surface area contributed by atoms with Crippen molar-refractivity contribution in [1.82, 2.24) is 16.2 Å². The standard InChI is InChI=1S/C17H15Cl2N3O3/c1-10(20-17(25)13-4-2-3-5-14(13)19)15(23)21-22-16(24)11-6-8-12(18)9-7-11/h2-10H,1H3,(H,20,25)(H,21,23)(H,22,24)/t10-/m0/s1. The zero-order valence-corrected chi connectivity index (χ0v) is 14.7. The minimum atomic E-state index is -0.880. The molecule has 0 saturated carbocycles. The van der Waals surface area contributed by atoms with E-state index in [0.717, 1.165) is 0 Å². The SMILES string of the molecule is C[C@H](NC(=O)c1ccccc1Cl)C(=O)NNC(=O)c1ccc(Cl)cc1. The van der Waals surface area contributed by atoms with Gasteiger partial charge in [0.1, 0.15) is 6.04 Å². The molecule has 0 aliphatic carbocycles. The molecule has 3 N–H and O–H groups in total. The molecule has 0 bridgehead atoms. The third-order valence-corrected chi connectivity index (χ3v) is 3.85. The van der Waals surface area contributed by atoms with Gasteiger partial charge in [0, 0.05) is 10.6 Å². The van der Waals surface area contributed by atoms with Gasteiger partial charge in [-0.25, -0.2) is 0 Å². The fraction of sp³-hybridized carbons (Fsp3) is 0.118. The summed E-state index contributed by atoms with van der Waals surface area (Å²) in [6.07, 6.45) is 0. The molecular formula is C17H15Cl2N3O3. The molecule has 0 saturated heterocycles. The summed E-state index contributed by atoms with van der Waals surface area (Å²) in [5.41, 5.74) is 5.10. The van der Waals surface area contributed by atoms with Crippen LogP contribution in [0, 0.1) is 0 Å². The quantitative estimate of drug-likeness (QED) is 0.713. The van der Waals surface area contributed by atoms with Gasteiger partial charge in [-0.15, -0.1) is 0 Å². The van der Waals surface area contributed by atoms with Crippen molar-refractivity contribution >= 4 is 40.9 Å². The molecule has 0 unspecified atom stereocenters. The van der Waals surface area contributed by atoms with Crippen molar-refractivity contribution in [2.75, 3.05) is 0 Å². The van der Waals surface area contributed by atoms with Crippen LogP contribution in [0.2, 0.25) is 10.0 Å². The number of hydrogen-bond acceptors (Lipinski definition) is 3. The molecule has 2 rings (SSSR count). The van der Waals surface area contributed by atoms with Crippen molar-refractivity contribution in [3.05, 3.63) is 69.7 Å². The van der Waals surface area contributed by atoms with Crippen LogP contribution in [0.3, 0.4) is 0 Å². The summed E-state index contributed by atoms with van der Waals surface area (Å²) in [6, 6.07) is 11.8. The summed E-state index contributed by atoms with van der Waals surface area (Å²) >= 11 is 11.7. The van der Waals surface area contributed by atoms with Crippen LogP contribution in [-0.4, -0.2) is 23.8 Å². The van der Waals surface area contributed by atoms with Crippen molar-refractivity contribution in [1.29, 1.82) is 0 Å². The molecular weight excluding hydrogens is 365 g/mol. The van der Waals surface area contributed by atoms with E-state index in [2.05, 4.69) is 16.2 Å². The second-order valence-corrected chi connectivity index (χ2v) is 5.97. The summed E-state index contributed by atoms with van der Waals surface area (Å²) in [7, 11) is 0. The first-order valence-corrected chi connectivity index (χ1v) is 8.05. The Morgan fingerprint density at radius 2 is 1.52 bits per heavy atom. The van der Waals surface area contributed by atoms with E-state index in [4.69, 9.17) is 23.2 Å². The summed E-state index contributed by atoms with van der Waals surface area (Å²) in [5, 5.41) is 3.28. The average molecular weight is 380 g/mol. The van der Waals surface area contributed by atoms with E-state index in [-0.39, 0.29) is 10.6 Å². The number of benzene rings is 2.